The lowest BCUT2D eigenvalue weighted by molar-refractivity contribution is -0.765. The summed E-state index contributed by atoms with van der Waals surface area (Å²) in [7, 11) is -17.2. The Kier molecular flexibility index (Phi) is 10.5. The minimum absolute atomic E-state index is 0.0129. The first-order chi connectivity index (χ1) is 22.4. The highest BCUT2D eigenvalue weighted by molar-refractivity contribution is 7.66. The SMILES string of the molecule is NC(=O)c1ccc[n+]([C@@H]2O[C@H](COP(=O)(O)OP(=O)(O)OP(=O)(O)OC[C@H]3O[C@@H](n4cnc5c(N)ncnc54)[C@H](O)[C@@H]3O)[C@@H](O)[C@H]2O)c1. The second-order valence-electron chi connectivity index (χ2n) is 10.2. The van der Waals surface area contributed by atoms with Crippen molar-refractivity contribution in [2.24, 2.45) is 5.73 Å². The van der Waals surface area contributed by atoms with Gasteiger partial charge in [0.2, 0.25) is 0 Å². The molecule has 0 radical (unpaired) electrons. The van der Waals surface area contributed by atoms with Gasteiger partial charge in [-0.2, -0.15) is 13.2 Å². The number of carbonyl (C=O) groups excluding carboxylic acids is 1. The number of hydrogen-bond acceptors (Lipinski definition) is 18. The Morgan fingerprint density at radius 1 is 0.896 bits per heavy atom. The van der Waals surface area contributed by atoms with Crippen LogP contribution in [0.25, 0.3) is 11.2 Å². The Bertz CT molecular complexity index is 1820. The molecule has 0 aromatic carbocycles. The fourth-order valence-corrected chi connectivity index (χ4v) is 8.24. The standard InChI is InChI=1S/C21H28N7O17P3/c22-17-12-19(25-7-24-17)28(8-26-12)21-16(32)14(30)11(43-21)6-41-47(36,37)45-48(38,39)44-46(34,35)40-5-10-13(29)15(31)20(42-10)27-3-1-2-9(4-27)18(23)33/h1-4,7-8,10-11,13-16,20-21,29-32H,5-6H2,(H6-,22,23,24,25,33,34,35,36,37,38,39)/p+1/t10-,11-,13-,14-,15-,16-,20-,21-/m1/s1. The smallest absolute Gasteiger partial charge is 0.387 e. The number of phosphoric acid groups is 3. The van der Waals surface area contributed by atoms with Crippen molar-refractivity contribution in [3.63, 3.8) is 0 Å². The van der Waals surface area contributed by atoms with Crippen molar-refractivity contribution >= 4 is 46.4 Å². The molecule has 11 atom stereocenters. The van der Waals surface area contributed by atoms with Crippen LogP contribution < -0.4 is 16.0 Å². The highest BCUT2D eigenvalue weighted by Gasteiger charge is 2.51. The average Bonchev–Trinajstić information content (AvgIpc) is 3.64. The zero-order chi connectivity index (χ0) is 35.2. The third-order valence-corrected chi connectivity index (χ3v) is 11.2. The third-order valence-electron chi connectivity index (χ3n) is 6.95. The summed E-state index contributed by atoms with van der Waals surface area (Å²) in [4.78, 5) is 53.0. The number of aromatic nitrogens is 5. The monoisotopic (exact) mass is 744 g/mol. The van der Waals surface area contributed by atoms with Crippen LogP contribution in [0.5, 0.6) is 0 Å². The van der Waals surface area contributed by atoms with Gasteiger partial charge in [0.25, 0.3) is 12.1 Å². The number of carbonyl (C=O) groups is 1. The summed E-state index contributed by atoms with van der Waals surface area (Å²) in [5, 5.41) is 41.6. The number of amides is 1. The van der Waals surface area contributed by atoms with Crippen LogP contribution in [0.4, 0.5) is 5.82 Å². The molecule has 2 aliphatic rings. The molecule has 2 aliphatic heterocycles. The fraction of sp³-hybridized carbons (Fsp3) is 0.476. The molecule has 0 bridgehead atoms. The Balaban J connectivity index is 1.14. The van der Waals surface area contributed by atoms with Crippen LogP contribution in [0.15, 0.2) is 37.2 Å². The third kappa shape index (κ3) is 7.95. The van der Waals surface area contributed by atoms with E-state index in [0.717, 1.165) is 6.33 Å². The number of fused-ring (bicyclic) bond motifs is 1. The van der Waals surface area contributed by atoms with E-state index in [-0.39, 0.29) is 22.5 Å². The van der Waals surface area contributed by atoms with Gasteiger partial charge in [0, 0.05) is 6.07 Å². The summed E-state index contributed by atoms with van der Waals surface area (Å²) in [5.41, 5.74) is 11.2. The van der Waals surface area contributed by atoms with E-state index in [0.29, 0.717) is 0 Å². The van der Waals surface area contributed by atoms with Crippen LogP contribution in [0.1, 0.15) is 22.8 Å². The Morgan fingerprint density at radius 2 is 1.50 bits per heavy atom. The molecular formula is C21H29N7O17P3+. The van der Waals surface area contributed by atoms with Gasteiger partial charge in [-0.1, -0.05) is 0 Å². The largest absolute Gasteiger partial charge is 0.490 e. The van der Waals surface area contributed by atoms with Crippen LogP contribution in [0.3, 0.4) is 0 Å². The number of ether oxygens (including phenoxy) is 2. The van der Waals surface area contributed by atoms with E-state index < -0.39 is 91.7 Å². The molecular weight excluding hydrogens is 715 g/mol. The minimum Gasteiger partial charge on any atom is -0.387 e. The molecule has 3 unspecified atom stereocenters. The van der Waals surface area contributed by atoms with Gasteiger partial charge < -0.3 is 56.0 Å². The molecule has 1 amide bonds. The highest BCUT2D eigenvalue weighted by Crippen LogP contribution is 2.67. The lowest BCUT2D eigenvalue weighted by atomic mass is 10.1. The van der Waals surface area contributed by atoms with E-state index in [1.807, 2.05) is 0 Å². The topological polar surface area (TPSA) is 365 Å². The minimum atomic E-state index is -5.94. The maximum absolute atomic E-state index is 12.4. The Morgan fingerprint density at radius 3 is 2.12 bits per heavy atom. The van der Waals surface area contributed by atoms with Crippen molar-refractivity contribution in [2.75, 3.05) is 18.9 Å². The number of pyridine rings is 1. The first-order valence-electron chi connectivity index (χ1n) is 13.3. The van der Waals surface area contributed by atoms with Crippen LogP contribution in [0.2, 0.25) is 0 Å². The van der Waals surface area contributed by atoms with E-state index in [1.165, 1.54) is 40.0 Å². The number of nitrogen functional groups attached to an aromatic ring is 1. The number of aliphatic hydroxyl groups is 4. The number of primary amides is 1. The molecule has 2 fully saturated rings. The van der Waals surface area contributed by atoms with Gasteiger partial charge >= 0.3 is 23.5 Å². The molecule has 0 spiro atoms. The number of nitrogens with two attached hydrogens (primary N) is 2. The fourth-order valence-electron chi connectivity index (χ4n) is 4.72. The predicted octanol–water partition coefficient (Wildman–Crippen LogP) is -2.90. The van der Waals surface area contributed by atoms with Gasteiger partial charge in [-0.15, -0.1) is 0 Å². The maximum Gasteiger partial charge on any atom is 0.490 e. The number of aliphatic hydroxyl groups excluding tert-OH is 4. The van der Waals surface area contributed by atoms with Crippen molar-refractivity contribution in [1.29, 1.82) is 0 Å². The van der Waals surface area contributed by atoms with Crippen LogP contribution in [-0.2, 0) is 40.8 Å². The molecule has 3 aromatic heterocycles. The highest BCUT2D eigenvalue weighted by atomic mass is 31.3. The molecule has 24 nitrogen and oxygen atoms in total. The van der Waals surface area contributed by atoms with E-state index in [9.17, 15) is 53.6 Å². The number of hydrogen-bond donors (Lipinski definition) is 9. The second kappa shape index (κ2) is 13.8. The zero-order valence-electron chi connectivity index (χ0n) is 23.9. The molecule has 5 rings (SSSR count). The van der Waals surface area contributed by atoms with E-state index in [4.69, 9.17) is 20.9 Å². The number of rotatable bonds is 13. The predicted molar refractivity (Wildman–Crippen MR) is 150 cm³/mol. The van der Waals surface area contributed by atoms with Crippen molar-refractivity contribution in [3.05, 3.63) is 42.7 Å². The van der Waals surface area contributed by atoms with E-state index in [1.54, 1.807) is 0 Å². The Hall–Kier alpha value is -2.86. The summed E-state index contributed by atoms with van der Waals surface area (Å²) in [6.07, 6.45) is -7.70. The lowest BCUT2D eigenvalue weighted by Gasteiger charge is -2.21. The van der Waals surface area contributed by atoms with Gasteiger partial charge in [0.15, 0.2) is 36.2 Å². The molecule has 3 aromatic rings. The van der Waals surface area contributed by atoms with Crippen molar-refractivity contribution in [2.45, 2.75) is 49.1 Å². The number of nitrogens with zero attached hydrogens (tertiary/aromatic N) is 5. The van der Waals surface area contributed by atoms with Crippen LogP contribution in [0, 0.1) is 0 Å². The van der Waals surface area contributed by atoms with E-state index >= 15 is 0 Å². The van der Waals surface area contributed by atoms with Crippen molar-refractivity contribution in [3.8, 4) is 0 Å². The summed E-state index contributed by atoms with van der Waals surface area (Å²) in [5.74, 6) is -0.790. The number of phosphoric ester groups is 2. The Labute approximate surface area is 267 Å². The molecule has 5 heterocycles. The zero-order valence-corrected chi connectivity index (χ0v) is 26.6. The van der Waals surface area contributed by atoms with Crippen LogP contribution in [-0.4, -0.2) is 110 Å². The molecule has 264 valence electrons. The first-order valence-corrected chi connectivity index (χ1v) is 17.8. The molecule has 0 saturated carbocycles. The quantitative estimate of drug-likeness (QED) is 0.0626. The normalized spacial score (nSPS) is 31.3. The first kappa shape index (κ1) is 36.4. The van der Waals surface area contributed by atoms with Crippen LogP contribution >= 0.6 is 23.5 Å². The molecule has 2 saturated heterocycles. The molecule has 0 aliphatic carbocycles. The summed E-state index contributed by atoms with van der Waals surface area (Å²) >= 11 is 0. The van der Waals surface area contributed by atoms with Gasteiger partial charge in [-0.3, -0.25) is 18.4 Å². The lowest BCUT2D eigenvalue weighted by Crippen LogP contribution is -2.46. The number of anilines is 1. The number of imidazole rings is 1. The van der Waals surface area contributed by atoms with Crippen molar-refractivity contribution in [1.82, 2.24) is 19.5 Å². The maximum atomic E-state index is 12.4. The van der Waals surface area contributed by atoms with Crippen molar-refractivity contribution < 1.29 is 85.3 Å². The van der Waals surface area contributed by atoms with Gasteiger partial charge in [-0.25, -0.2) is 28.6 Å². The molecule has 48 heavy (non-hydrogen) atoms. The van der Waals surface area contributed by atoms with Gasteiger partial charge in [0.1, 0.15) is 47.9 Å². The second-order valence-corrected chi connectivity index (χ2v) is 14.9. The summed E-state index contributed by atoms with van der Waals surface area (Å²) in [6.45, 7) is -2.06. The summed E-state index contributed by atoms with van der Waals surface area (Å²) < 4.78 is 67.6. The van der Waals surface area contributed by atoms with E-state index in [2.05, 4.69) is 32.6 Å². The van der Waals surface area contributed by atoms with Gasteiger partial charge in [0.05, 0.1) is 19.5 Å². The van der Waals surface area contributed by atoms with Gasteiger partial charge in [-0.05, 0) is 6.07 Å². The molecule has 11 N–H and O–H groups in total. The molecule has 27 heteroatoms. The average molecular weight is 744 g/mol. The summed E-state index contributed by atoms with van der Waals surface area (Å²) in [6, 6.07) is 2.76.